The van der Waals surface area contributed by atoms with Crippen molar-refractivity contribution in [2.24, 2.45) is 10.3 Å². The van der Waals surface area contributed by atoms with E-state index in [0.717, 1.165) is 9.80 Å². The van der Waals surface area contributed by atoms with Crippen LogP contribution in [0.3, 0.4) is 0 Å². The maximum absolute atomic E-state index is 12.9. The van der Waals surface area contributed by atoms with Crippen LogP contribution in [-0.2, 0) is 14.4 Å². The maximum Gasteiger partial charge on any atom is 0.263 e. The zero-order valence-electron chi connectivity index (χ0n) is 15.3. The standard InChI is InChI=1S/C19H16ClN5O3S/c1-29-14-4-2-3-12(9-14)21-15(26)10-24-17-16(22-23-24)18(27)25(19(17)28)13-7-5-11(20)6-8-13/h2-9,16-17H,10H2,1H3,(H,21,26)/t16-,17-/m1/s1. The molecule has 2 aromatic rings. The minimum Gasteiger partial charge on any atom is -0.324 e. The van der Waals surface area contributed by atoms with Crippen molar-refractivity contribution in [3.05, 3.63) is 53.6 Å². The van der Waals surface area contributed by atoms with Crippen molar-refractivity contribution >= 4 is 52.5 Å². The smallest absolute Gasteiger partial charge is 0.263 e. The summed E-state index contributed by atoms with van der Waals surface area (Å²) < 4.78 is 0. The van der Waals surface area contributed by atoms with Crippen LogP contribution in [-0.4, -0.2) is 47.6 Å². The van der Waals surface area contributed by atoms with Crippen LogP contribution in [0.1, 0.15) is 0 Å². The topological polar surface area (TPSA) is 94.4 Å². The second-order valence-corrected chi connectivity index (χ2v) is 7.78. The summed E-state index contributed by atoms with van der Waals surface area (Å²) in [5.41, 5.74) is 1.05. The minimum absolute atomic E-state index is 0.193. The molecule has 2 heterocycles. The van der Waals surface area contributed by atoms with Gasteiger partial charge in [-0.2, -0.15) is 5.11 Å². The molecule has 0 aromatic heterocycles. The fraction of sp³-hybridized carbons (Fsp3) is 0.211. The molecule has 1 N–H and O–H groups in total. The first-order valence-electron chi connectivity index (χ1n) is 8.72. The average molecular weight is 430 g/mol. The lowest BCUT2D eigenvalue weighted by atomic mass is 10.1. The van der Waals surface area contributed by atoms with E-state index in [1.54, 1.807) is 42.1 Å². The summed E-state index contributed by atoms with van der Waals surface area (Å²) in [6, 6.07) is 11.9. The molecule has 0 spiro atoms. The molecule has 10 heteroatoms. The van der Waals surface area contributed by atoms with E-state index in [9.17, 15) is 14.4 Å². The van der Waals surface area contributed by atoms with Crippen molar-refractivity contribution in [2.75, 3.05) is 23.0 Å². The lowest BCUT2D eigenvalue weighted by Crippen LogP contribution is -2.43. The van der Waals surface area contributed by atoms with E-state index < -0.39 is 23.9 Å². The maximum atomic E-state index is 12.9. The Morgan fingerprint density at radius 2 is 1.93 bits per heavy atom. The minimum atomic E-state index is -0.953. The van der Waals surface area contributed by atoms with Crippen LogP contribution in [0.25, 0.3) is 0 Å². The van der Waals surface area contributed by atoms with Crippen LogP contribution in [0, 0.1) is 0 Å². The summed E-state index contributed by atoms with van der Waals surface area (Å²) in [6.45, 7) is -0.193. The van der Waals surface area contributed by atoms with Gasteiger partial charge in [-0.15, -0.1) is 11.8 Å². The van der Waals surface area contributed by atoms with Crippen molar-refractivity contribution in [2.45, 2.75) is 17.0 Å². The first-order chi connectivity index (χ1) is 14.0. The summed E-state index contributed by atoms with van der Waals surface area (Å²) in [4.78, 5) is 40.1. The number of carbonyl (C=O) groups excluding carboxylic acids is 3. The number of anilines is 2. The largest absolute Gasteiger partial charge is 0.324 e. The van der Waals surface area contributed by atoms with Gasteiger partial charge in [0.1, 0.15) is 6.54 Å². The van der Waals surface area contributed by atoms with Gasteiger partial charge in [0.05, 0.1) is 5.69 Å². The van der Waals surface area contributed by atoms with Crippen molar-refractivity contribution in [3.63, 3.8) is 0 Å². The molecule has 2 aromatic carbocycles. The zero-order valence-corrected chi connectivity index (χ0v) is 16.9. The number of thioether (sulfide) groups is 1. The Balaban J connectivity index is 1.47. The molecular formula is C19H16ClN5O3S. The predicted octanol–water partition coefficient (Wildman–Crippen LogP) is 2.99. The highest BCUT2D eigenvalue weighted by atomic mass is 35.5. The number of amides is 3. The van der Waals surface area contributed by atoms with Crippen molar-refractivity contribution in [1.29, 1.82) is 0 Å². The van der Waals surface area contributed by atoms with Gasteiger partial charge < -0.3 is 5.32 Å². The summed E-state index contributed by atoms with van der Waals surface area (Å²) in [6.07, 6.45) is 1.95. The molecular weight excluding hydrogens is 414 g/mol. The molecule has 148 valence electrons. The molecule has 1 saturated heterocycles. The number of hydrogen-bond acceptors (Lipinski definition) is 7. The molecule has 29 heavy (non-hydrogen) atoms. The van der Waals surface area contributed by atoms with E-state index in [4.69, 9.17) is 11.6 Å². The summed E-state index contributed by atoms with van der Waals surface area (Å²) in [5, 5.41) is 12.3. The number of carbonyl (C=O) groups is 3. The van der Waals surface area contributed by atoms with Gasteiger partial charge >= 0.3 is 0 Å². The van der Waals surface area contributed by atoms with Crippen LogP contribution in [0.4, 0.5) is 11.4 Å². The van der Waals surface area contributed by atoms with Gasteiger partial charge in [-0.05, 0) is 48.7 Å². The van der Waals surface area contributed by atoms with E-state index in [0.29, 0.717) is 16.4 Å². The lowest BCUT2D eigenvalue weighted by Gasteiger charge is -2.20. The number of benzene rings is 2. The fourth-order valence-corrected chi connectivity index (χ4v) is 3.83. The zero-order chi connectivity index (χ0) is 20.5. The first kappa shape index (κ1) is 19.4. The fourth-order valence-electron chi connectivity index (χ4n) is 3.25. The third-order valence-electron chi connectivity index (χ3n) is 4.60. The van der Waals surface area contributed by atoms with Gasteiger partial charge in [0.15, 0.2) is 12.1 Å². The number of halogens is 1. The van der Waals surface area contributed by atoms with Crippen molar-refractivity contribution < 1.29 is 14.4 Å². The summed E-state index contributed by atoms with van der Waals surface area (Å²) in [5.74, 6) is -1.29. The van der Waals surface area contributed by atoms with Gasteiger partial charge in [0.25, 0.3) is 11.8 Å². The monoisotopic (exact) mass is 429 g/mol. The Morgan fingerprint density at radius 1 is 1.17 bits per heavy atom. The van der Waals surface area contributed by atoms with Gasteiger partial charge in [-0.25, -0.2) is 4.90 Å². The molecule has 0 aliphatic carbocycles. The van der Waals surface area contributed by atoms with Crippen molar-refractivity contribution in [1.82, 2.24) is 5.01 Å². The van der Waals surface area contributed by atoms with Gasteiger partial charge in [-0.3, -0.25) is 19.4 Å². The van der Waals surface area contributed by atoms with Crippen molar-refractivity contribution in [3.8, 4) is 0 Å². The van der Waals surface area contributed by atoms with Crippen LogP contribution >= 0.6 is 23.4 Å². The average Bonchev–Trinajstić information content (AvgIpc) is 3.23. The Morgan fingerprint density at radius 3 is 2.66 bits per heavy atom. The van der Waals surface area contributed by atoms with E-state index >= 15 is 0 Å². The van der Waals surface area contributed by atoms with Gasteiger partial charge in [0.2, 0.25) is 5.91 Å². The van der Waals surface area contributed by atoms with Crippen LogP contribution < -0.4 is 10.2 Å². The second kappa shape index (κ2) is 7.84. The van der Waals surface area contributed by atoms with E-state index in [1.165, 1.54) is 5.01 Å². The molecule has 0 bridgehead atoms. The van der Waals surface area contributed by atoms with Crippen LogP contribution in [0.5, 0.6) is 0 Å². The number of nitrogens with one attached hydrogen (secondary N) is 1. The molecule has 1 fully saturated rings. The molecule has 3 amide bonds. The van der Waals surface area contributed by atoms with Crippen LogP contribution in [0.2, 0.25) is 5.02 Å². The Labute approximate surface area is 175 Å². The molecule has 0 radical (unpaired) electrons. The molecule has 2 aliphatic rings. The number of fused-ring (bicyclic) bond motifs is 1. The normalized spacial score (nSPS) is 20.3. The quantitative estimate of drug-likeness (QED) is 0.582. The van der Waals surface area contributed by atoms with E-state index in [-0.39, 0.29) is 12.5 Å². The highest BCUT2D eigenvalue weighted by Gasteiger charge is 2.55. The highest BCUT2D eigenvalue weighted by molar-refractivity contribution is 7.98. The molecule has 2 aliphatic heterocycles. The summed E-state index contributed by atoms with van der Waals surface area (Å²) in [7, 11) is 0. The lowest BCUT2D eigenvalue weighted by molar-refractivity contribution is -0.123. The van der Waals surface area contributed by atoms with E-state index in [1.807, 2.05) is 24.5 Å². The third-order valence-corrected chi connectivity index (χ3v) is 5.58. The summed E-state index contributed by atoms with van der Waals surface area (Å²) >= 11 is 7.44. The number of imide groups is 1. The molecule has 0 unspecified atom stereocenters. The Hall–Kier alpha value is -2.91. The number of nitrogens with zero attached hydrogens (tertiary/aromatic N) is 4. The SMILES string of the molecule is CSc1cccc(NC(=O)CN2N=N[C@H]3C(=O)N(c4ccc(Cl)cc4)C(=O)[C@@H]32)c1. The Kier molecular flexibility index (Phi) is 5.25. The highest BCUT2D eigenvalue weighted by Crippen LogP contribution is 2.32. The van der Waals surface area contributed by atoms with Crippen LogP contribution in [0.15, 0.2) is 63.8 Å². The second-order valence-electron chi connectivity index (χ2n) is 6.46. The van der Waals surface area contributed by atoms with Gasteiger partial charge in [0, 0.05) is 15.6 Å². The molecule has 2 atom stereocenters. The predicted molar refractivity (Wildman–Crippen MR) is 110 cm³/mol. The molecule has 8 nitrogen and oxygen atoms in total. The molecule has 4 rings (SSSR count). The first-order valence-corrected chi connectivity index (χ1v) is 10.3. The Bertz CT molecular complexity index is 1010. The molecule has 0 saturated carbocycles. The third kappa shape index (κ3) is 3.70. The van der Waals surface area contributed by atoms with E-state index in [2.05, 4.69) is 15.7 Å². The van der Waals surface area contributed by atoms with Gasteiger partial charge in [-0.1, -0.05) is 22.9 Å². The number of rotatable bonds is 5. The number of hydrogen-bond donors (Lipinski definition) is 1.